The van der Waals surface area contributed by atoms with Crippen LogP contribution in [0.4, 0.5) is 0 Å². The highest BCUT2D eigenvalue weighted by Gasteiger charge is 2.04. The first-order chi connectivity index (χ1) is 12.3. The molecule has 0 radical (unpaired) electrons. The number of unbranched alkanes of at least 4 members (excludes halogenated alkanes) is 9. The average molecular weight is 347 g/mol. The van der Waals surface area contributed by atoms with Crippen LogP contribution in [0, 0.1) is 0 Å². The minimum Gasteiger partial charge on any atom is -0.490 e. The van der Waals surface area contributed by atoms with Crippen LogP contribution in [-0.4, -0.2) is 13.2 Å². The standard InChI is InChI=1S/C23H38O2/c1-4-7-8-9-10-11-12-13-14-15-16-17-21-18-19-22(24-5-2)23(20-21)25-6-3/h16-20H,4-15H2,1-3H3/b17-16+. The fourth-order valence-corrected chi connectivity index (χ4v) is 2.96. The van der Waals surface area contributed by atoms with Crippen molar-refractivity contribution in [2.45, 2.75) is 85.0 Å². The first-order valence-electron chi connectivity index (χ1n) is 10.4. The molecule has 1 aromatic carbocycles. The Morgan fingerprint density at radius 3 is 1.96 bits per heavy atom. The fourth-order valence-electron chi connectivity index (χ4n) is 2.96. The molecule has 0 saturated heterocycles. The van der Waals surface area contributed by atoms with Gasteiger partial charge >= 0.3 is 0 Å². The number of benzene rings is 1. The largest absolute Gasteiger partial charge is 0.490 e. The van der Waals surface area contributed by atoms with Crippen molar-refractivity contribution in [2.75, 3.05) is 13.2 Å². The molecule has 0 amide bonds. The van der Waals surface area contributed by atoms with Gasteiger partial charge in [-0.05, 0) is 44.4 Å². The van der Waals surface area contributed by atoms with Crippen LogP contribution in [0.1, 0.15) is 90.5 Å². The van der Waals surface area contributed by atoms with E-state index in [-0.39, 0.29) is 0 Å². The predicted octanol–water partition coefficient (Wildman–Crippen LogP) is 7.42. The van der Waals surface area contributed by atoms with E-state index in [1.807, 2.05) is 19.9 Å². The Kier molecular flexibility index (Phi) is 12.8. The molecule has 142 valence electrons. The second kappa shape index (κ2) is 14.9. The molecular formula is C23H38O2. The van der Waals surface area contributed by atoms with Gasteiger partial charge in [0.05, 0.1) is 13.2 Å². The fraction of sp³-hybridized carbons (Fsp3) is 0.652. The lowest BCUT2D eigenvalue weighted by molar-refractivity contribution is 0.287. The molecule has 25 heavy (non-hydrogen) atoms. The highest BCUT2D eigenvalue weighted by Crippen LogP contribution is 2.29. The van der Waals surface area contributed by atoms with E-state index in [2.05, 4.69) is 31.2 Å². The smallest absolute Gasteiger partial charge is 0.161 e. The van der Waals surface area contributed by atoms with Crippen LogP contribution in [0.25, 0.3) is 6.08 Å². The highest BCUT2D eigenvalue weighted by atomic mass is 16.5. The Bertz CT molecular complexity index is 465. The van der Waals surface area contributed by atoms with Crippen molar-refractivity contribution in [3.05, 3.63) is 29.8 Å². The van der Waals surface area contributed by atoms with Gasteiger partial charge in [-0.2, -0.15) is 0 Å². The molecule has 2 heteroatoms. The van der Waals surface area contributed by atoms with Crippen LogP contribution in [0.5, 0.6) is 11.5 Å². The van der Waals surface area contributed by atoms with Crippen LogP contribution in [-0.2, 0) is 0 Å². The molecule has 1 aromatic rings. The third-order valence-electron chi connectivity index (χ3n) is 4.35. The maximum atomic E-state index is 5.68. The Labute approximate surface area is 155 Å². The summed E-state index contributed by atoms with van der Waals surface area (Å²) >= 11 is 0. The summed E-state index contributed by atoms with van der Waals surface area (Å²) in [4.78, 5) is 0. The van der Waals surface area contributed by atoms with Gasteiger partial charge in [0.2, 0.25) is 0 Å². The van der Waals surface area contributed by atoms with E-state index in [1.165, 1.54) is 63.4 Å². The molecule has 0 N–H and O–H groups in total. The molecule has 0 bridgehead atoms. The summed E-state index contributed by atoms with van der Waals surface area (Å²) in [6.07, 6.45) is 18.1. The zero-order valence-electron chi connectivity index (χ0n) is 16.7. The van der Waals surface area contributed by atoms with Gasteiger partial charge in [-0.15, -0.1) is 0 Å². The number of hydrogen-bond donors (Lipinski definition) is 0. The average Bonchev–Trinajstić information content (AvgIpc) is 2.62. The molecule has 0 aliphatic carbocycles. The first kappa shape index (κ1) is 21.6. The third-order valence-corrected chi connectivity index (χ3v) is 4.35. The van der Waals surface area contributed by atoms with Gasteiger partial charge in [0, 0.05) is 0 Å². The molecule has 0 aliphatic rings. The Hall–Kier alpha value is -1.44. The summed E-state index contributed by atoms with van der Waals surface area (Å²) in [5.41, 5.74) is 1.18. The number of allylic oxidation sites excluding steroid dienone is 1. The zero-order valence-corrected chi connectivity index (χ0v) is 16.7. The molecule has 2 nitrogen and oxygen atoms in total. The van der Waals surface area contributed by atoms with Gasteiger partial charge in [-0.3, -0.25) is 0 Å². The molecule has 0 unspecified atom stereocenters. The third kappa shape index (κ3) is 10.2. The van der Waals surface area contributed by atoms with E-state index in [9.17, 15) is 0 Å². The van der Waals surface area contributed by atoms with Gasteiger partial charge in [0.1, 0.15) is 0 Å². The van der Waals surface area contributed by atoms with Crippen molar-refractivity contribution >= 4 is 6.08 Å². The lowest BCUT2D eigenvalue weighted by atomic mass is 10.1. The highest BCUT2D eigenvalue weighted by molar-refractivity contribution is 5.55. The molecule has 0 spiro atoms. The molecule has 1 rings (SSSR count). The molecular weight excluding hydrogens is 308 g/mol. The van der Waals surface area contributed by atoms with Crippen molar-refractivity contribution in [1.82, 2.24) is 0 Å². The van der Waals surface area contributed by atoms with E-state index in [0.717, 1.165) is 17.9 Å². The van der Waals surface area contributed by atoms with Crippen LogP contribution in [0.3, 0.4) is 0 Å². The zero-order chi connectivity index (χ0) is 18.2. The van der Waals surface area contributed by atoms with Gasteiger partial charge in [-0.1, -0.05) is 76.5 Å². The van der Waals surface area contributed by atoms with Gasteiger partial charge in [-0.25, -0.2) is 0 Å². The van der Waals surface area contributed by atoms with E-state index in [0.29, 0.717) is 13.2 Å². The van der Waals surface area contributed by atoms with Gasteiger partial charge < -0.3 is 9.47 Å². The van der Waals surface area contributed by atoms with Gasteiger partial charge in [0.25, 0.3) is 0 Å². The van der Waals surface area contributed by atoms with Crippen LogP contribution in [0.15, 0.2) is 24.3 Å². The summed E-state index contributed by atoms with van der Waals surface area (Å²) in [7, 11) is 0. The number of hydrogen-bond acceptors (Lipinski definition) is 2. The summed E-state index contributed by atoms with van der Waals surface area (Å²) in [5.74, 6) is 1.68. The molecule has 0 aliphatic heterocycles. The predicted molar refractivity (Wildman–Crippen MR) is 110 cm³/mol. The Balaban J connectivity index is 2.22. The lowest BCUT2D eigenvalue weighted by Crippen LogP contribution is -1.98. The minimum absolute atomic E-state index is 0.658. The number of ether oxygens (including phenoxy) is 2. The van der Waals surface area contributed by atoms with Crippen molar-refractivity contribution < 1.29 is 9.47 Å². The Morgan fingerprint density at radius 2 is 1.32 bits per heavy atom. The summed E-state index contributed by atoms with van der Waals surface area (Å²) < 4.78 is 11.3. The Morgan fingerprint density at radius 1 is 0.720 bits per heavy atom. The number of rotatable bonds is 15. The van der Waals surface area contributed by atoms with E-state index in [4.69, 9.17) is 9.47 Å². The maximum Gasteiger partial charge on any atom is 0.161 e. The SMILES string of the molecule is CCCCCCCCCCC/C=C/c1ccc(OCC)c(OCC)c1. The quantitative estimate of drug-likeness (QED) is 0.308. The summed E-state index contributed by atoms with van der Waals surface area (Å²) in [5, 5.41) is 0. The molecule has 0 fully saturated rings. The van der Waals surface area contributed by atoms with Crippen molar-refractivity contribution in [2.24, 2.45) is 0 Å². The van der Waals surface area contributed by atoms with Crippen molar-refractivity contribution in [3.8, 4) is 11.5 Å². The second-order valence-corrected chi connectivity index (χ2v) is 6.59. The first-order valence-corrected chi connectivity index (χ1v) is 10.4. The van der Waals surface area contributed by atoms with E-state index in [1.54, 1.807) is 0 Å². The summed E-state index contributed by atoms with van der Waals surface area (Å²) in [6, 6.07) is 6.17. The van der Waals surface area contributed by atoms with Crippen LogP contribution in [0.2, 0.25) is 0 Å². The lowest BCUT2D eigenvalue weighted by Gasteiger charge is -2.11. The van der Waals surface area contributed by atoms with Crippen LogP contribution < -0.4 is 9.47 Å². The molecule has 0 saturated carbocycles. The van der Waals surface area contributed by atoms with Crippen molar-refractivity contribution in [3.63, 3.8) is 0 Å². The topological polar surface area (TPSA) is 18.5 Å². The van der Waals surface area contributed by atoms with E-state index >= 15 is 0 Å². The maximum absolute atomic E-state index is 5.68. The van der Waals surface area contributed by atoms with Gasteiger partial charge in [0.15, 0.2) is 11.5 Å². The normalized spacial score (nSPS) is 11.2. The monoisotopic (exact) mass is 346 g/mol. The molecule has 0 heterocycles. The molecule has 0 atom stereocenters. The second-order valence-electron chi connectivity index (χ2n) is 6.59. The molecule has 0 aromatic heterocycles. The minimum atomic E-state index is 0.658. The summed E-state index contributed by atoms with van der Waals surface area (Å²) in [6.45, 7) is 7.59. The van der Waals surface area contributed by atoms with E-state index < -0.39 is 0 Å². The van der Waals surface area contributed by atoms with Crippen LogP contribution >= 0.6 is 0 Å². The van der Waals surface area contributed by atoms with Crippen molar-refractivity contribution in [1.29, 1.82) is 0 Å².